The van der Waals surface area contributed by atoms with E-state index in [2.05, 4.69) is 0 Å². The van der Waals surface area contributed by atoms with Crippen LogP contribution in [0.2, 0.25) is 0 Å². The molecule has 100 valence electrons. The second-order valence-corrected chi connectivity index (χ2v) is 6.05. The number of hydrogen-bond acceptors (Lipinski definition) is 4. The molecule has 0 bridgehead atoms. The lowest BCUT2D eigenvalue weighted by molar-refractivity contribution is 0.146. The molecule has 0 unspecified atom stereocenters. The normalized spacial score (nSPS) is 11.2. The maximum absolute atomic E-state index is 11.6. The van der Waals surface area contributed by atoms with Crippen molar-refractivity contribution in [2.24, 2.45) is 5.84 Å². The molecule has 0 saturated heterocycles. The third kappa shape index (κ3) is 3.71. The molecule has 3 N–H and O–H groups in total. The van der Waals surface area contributed by atoms with Crippen LogP contribution in [0.4, 0.5) is 4.79 Å². The predicted octanol–water partition coefficient (Wildman–Crippen LogP) is 0.876. The van der Waals surface area contributed by atoms with Gasteiger partial charge >= 0.3 is 6.09 Å². The van der Waals surface area contributed by atoms with E-state index in [-0.39, 0.29) is 17.2 Å². The fraction of sp³-hybridized carbons (Fsp3) is 0.364. The van der Waals surface area contributed by atoms with Crippen molar-refractivity contribution < 1.29 is 18.3 Å². The van der Waals surface area contributed by atoms with E-state index in [1.165, 1.54) is 12.1 Å². The van der Waals surface area contributed by atoms with Crippen LogP contribution in [-0.4, -0.2) is 36.9 Å². The third-order valence-corrected chi connectivity index (χ3v) is 4.30. The van der Waals surface area contributed by atoms with Gasteiger partial charge in [-0.3, -0.25) is 0 Å². The van der Waals surface area contributed by atoms with Crippen molar-refractivity contribution in [3.8, 4) is 0 Å². The maximum atomic E-state index is 11.6. The van der Waals surface area contributed by atoms with Gasteiger partial charge in [0.15, 0.2) is 9.84 Å². The molecule has 7 heteroatoms. The van der Waals surface area contributed by atoms with E-state index in [4.69, 9.17) is 10.9 Å². The summed E-state index contributed by atoms with van der Waals surface area (Å²) in [5.41, 5.74) is 0.835. The standard InChI is InChI=1S/C11H16N2O4S/c1-2-18(16,17)10-5-3-9(4-6-10)7-8-13(12)11(14)15/h3-6H,2,7-8,12H2,1H3,(H,14,15). The van der Waals surface area contributed by atoms with Crippen LogP contribution in [-0.2, 0) is 16.3 Å². The van der Waals surface area contributed by atoms with Gasteiger partial charge in [0.25, 0.3) is 0 Å². The van der Waals surface area contributed by atoms with Crippen molar-refractivity contribution >= 4 is 15.9 Å². The topological polar surface area (TPSA) is 101 Å². The minimum absolute atomic E-state index is 0.0575. The van der Waals surface area contributed by atoms with Crippen molar-refractivity contribution in [2.75, 3.05) is 12.3 Å². The van der Waals surface area contributed by atoms with Gasteiger partial charge < -0.3 is 5.11 Å². The Morgan fingerprint density at radius 1 is 1.33 bits per heavy atom. The summed E-state index contributed by atoms with van der Waals surface area (Å²) >= 11 is 0. The highest BCUT2D eigenvalue weighted by molar-refractivity contribution is 7.91. The lowest BCUT2D eigenvalue weighted by Gasteiger charge is -2.12. The molecule has 0 spiro atoms. The van der Waals surface area contributed by atoms with Gasteiger partial charge in [-0.25, -0.2) is 24.1 Å². The first-order chi connectivity index (χ1) is 8.36. The highest BCUT2D eigenvalue weighted by atomic mass is 32.2. The minimum atomic E-state index is -3.19. The van der Waals surface area contributed by atoms with Gasteiger partial charge in [-0.2, -0.15) is 0 Å². The van der Waals surface area contributed by atoms with Crippen molar-refractivity contribution in [3.63, 3.8) is 0 Å². The Morgan fingerprint density at radius 3 is 2.33 bits per heavy atom. The summed E-state index contributed by atoms with van der Waals surface area (Å²) < 4.78 is 23.1. The summed E-state index contributed by atoms with van der Waals surface area (Å²) in [5.74, 6) is 5.28. The minimum Gasteiger partial charge on any atom is -0.464 e. The molecule has 0 aliphatic carbocycles. The molecule has 0 atom stereocenters. The smallest absolute Gasteiger partial charge is 0.421 e. The number of hydrazine groups is 1. The summed E-state index contributed by atoms with van der Waals surface area (Å²) in [6.45, 7) is 1.75. The number of nitrogens with zero attached hydrogens (tertiary/aromatic N) is 1. The maximum Gasteiger partial charge on any atom is 0.421 e. The van der Waals surface area contributed by atoms with Gasteiger partial charge in [-0.05, 0) is 24.1 Å². The molecule has 0 saturated carbocycles. The Labute approximate surface area is 106 Å². The molecule has 1 amide bonds. The number of rotatable bonds is 5. The van der Waals surface area contributed by atoms with Gasteiger partial charge in [-0.15, -0.1) is 0 Å². The first kappa shape index (κ1) is 14.5. The Hall–Kier alpha value is -1.60. The molecule has 1 aromatic rings. The SMILES string of the molecule is CCS(=O)(=O)c1ccc(CCN(N)C(=O)O)cc1. The van der Waals surface area contributed by atoms with Crippen LogP contribution in [0.25, 0.3) is 0 Å². The molecule has 1 rings (SSSR count). The molecule has 0 heterocycles. The molecule has 1 aromatic carbocycles. The van der Waals surface area contributed by atoms with Crippen molar-refractivity contribution in [3.05, 3.63) is 29.8 Å². The summed E-state index contributed by atoms with van der Waals surface area (Å²) in [4.78, 5) is 10.7. The Morgan fingerprint density at radius 2 is 1.89 bits per heavy atom. The number of amides is 1. The van der Waals surface area contributed by atoms with E-state index in [0.717, 1.165) is 5.56 Å². The number of hydrogen-bond donors (Lipinski definition) is 2. The fourth-order valence-electron chi connectivity index (χ4n) is 1.38. The van der Waals surface area contributed by atoms with Crippen molar-refractivity contribution in [1.82, 2.24) is 5.01 Å². The zero-order chi connectivity index (χ0) is 13.8. The number of carboxylic acid groups (broad SMARTS) is 1. The number of benzene rings is 1. The van der Waals surface area contributed by atoms with E-state index < -0.39 is 15.9 Å². The van der Waals surface area contributed by atoms with E-state index in [1.54, 1.807) is 19.1 Å². The van der Waals surface area contributed by atoms with E-state index in [1.807, 2.05) is 0 Å². The molecular weight excluding hydrogens is 256 g/mol. The number of sulfone groups is 1. The van der Waals surface area contributed by atoms with Crippen molar-refractivity contribution in [2.45, 2.75) is 18.2 Å². The molecule has 0 aromatic heterocycles. The largest absolute Gasteiger partial charge is 0.464 e. The molecule has 0 aliphatic rings. The van der Waals surface area contributed by atoms with E-state index >= 15 is 0 Å². The van der Waals surface area contributed by atoms with Crippen LogP contribution >= 0.6 is 0 Å². The van der Waals surface area contributed by atoms with E-state index in [0.29, 0.717) is 11.4 Å². The zero-order valence-electron chi connectivity index (χ0n) is 10.0. The van der Waals surface area contributed by atoms with Gasteiger partial charge in [0, 0.05) is 6.54 Å². The monoisotopic (exact) mass is 272 g/mol. The lowest BCUT2D eigenvalue weighted by atomic mass is 10.1. The van der Waals surface area contributed by atoms with Gasteiger partial charge in [0.1, 0.15) is 0 Å². The van der Waals surface area contributed by atoms with E-state index in [9.17, 15) is 13.2 Å². The first-order valence-corrected chi connectivity index (χ1v) is 7.09. The second-order valence-electron chi connectivity index (χ2n) is 3.77. The van der Waals surface area contributed by atoms with Crippen LogP contribution < -0.4 is 5.84 Å². The van der Waals surface area contributed by atoms with Crippen LogP contribution in [0.3, 0.4) is 0 Å². The lowest BCUT2D eigenvalue weighted by Crippen LogP contribution is -2.37. The Bertz CT molecular complexity index is 510. The van der Waals surface area contributed by atoms with Gasteiger partial charge in [-0.1, -0.05) is 19.1 Å². The number of carbonyl (C=O) groups is 1. The highest BCUT2D eigenvalue weighted by Crippen LogP contribution is 2.12. The van der Waals surface area contributed by atoms with Crippen LogP contribution in [0.15, 0.2) is 29.2 Å². The molecule has 6 nitrogen and oxygen atoms in total. The third-order valence-electron chi connectivity index (χ3n) is 2.55. The van der Waals surface area contributed by atoms with Crippen molar-refractivity contribution in [1.29, 1.82) is 0 Å². The molecule has 0 radical (unpaired) electrons. The molecule has 18 heavy (non-hydrogen) atoms. The summed E-state index contributed by atoms with van der Waals surface area (Å²) in [6.07, 6.45) is -0.755. The quantitative estimate of drug-likeness (QED) is 0.470. The average Bonchev–Trinajstić information content (AvgIpc) is 2.36. The molecule has 0 fully saturated rings. The Balaban J connectivity index is 2.70. The highest BCUT2D eigenvalue weighted by Gasteiger charge is 2.11. The van der Waals surface area contributed by atoms with Crippen LogP contribution in [0, 0.1) is 0 Å². The fourth-order valence-corrected chi connectivity index (χ4v) is 2.26. The Kier molecular flexibility index (Phi) is 4.69. The second kappa shape index (κ2) is 5.83. The summed E-state index contributed by atoms with van der Waals surface area (Å²) in [7, 11) is -3.19. The predicted molar refractivity (Wildman–Crippen MR) is 66.8 cm³/mol. The average molecular weight is 272 g/mol. The number of nitrogens with two attached hydrogens (primary N) is 1. The summed E-state index contributed by atoms with van der Waals surface area (Å²) in [5, 5.41) is 9.26. The van der Waals surface area contributed by atoms with Gasteiger partial charge in [0.05, 0.1) is 10.6 Å². The summed E-state index contributed by atoms with van der Waals surface area (Å²) in [6, 6.07) is 6.38. The molecule has 0 aliphatic heterocycles. The first-order valence-electron chi connectivity index (χ1n) is 5.43. The van der Waals surface area contributed by atoms with Gasteiger partial charge in [0.2, 0.25) is 0 Å². The molecular formula is C11H16N2O4S. The van der Waals surface area contributed by atoms with Crippen LogP contribution in [0.1, 0.15) is 12.5 Å². The van der Waals surface area contributed by atoms with Crippen LogP contribution in [0.5, 0.6) is 0 Å². The zero-order valence-corrected chi connectivity index (χ0v) is 10.9.